The molecule has 0 bridgehead atoms. The lowest BCUT2D eigenvalue weighted by Gasteiger charge is -2.20. The van der Waals surface area contributed by atoms with Gasteiger partial charge in [0.1, 0.15) is 0 Å². The summed E-state index contributed by atoms with van der Waals surface area (Å²) >= 11 is 0. The minimum Gasteiger partial charge on any atom is -0.309 e. The Kier molecular flexibility index (Phi) is 7.14. The standard InChI is InChI=1S/C43H30NOP/c45-46(35-18-6-2-7-19-35,36-20-8-3-9-21-36)37-28-26-31(27-29-37)33-16-12-17-34(30-33)43-40-24-13-23-38(32-14-4-1-5-15-32)42(40)39-22-10-11-25-41(39)44-43/h1-30H. The van der Waals surface area contributed by atoms with Crippen LogP contribution in [0, 0.1) is 0 Å². The van der Waals surface area contributed by atoms with Gasteiger partial charge in [0.25, 0.3) is 0 Å². The van der Waals surface area contributed by atoms with Crippen molar-refractivity contribution in [1.82, 2.24) is 4.98 Å². The van der Waals surface area contributed by atoms with Crippen LogP contribution < -0.4 is 15.9 Å². The summed E-state index contributed by atoms with van der Waals surface area (Å²) in [6.07, 6.45) is 0. The fourth-order valence-corrected chi connectivity index (χ4v) is 9.16. The first-order valence-corrected chi connectivity index (χ1v) is 17.2. The number of hydrogen-bond donors (Lipinski definition) is 0. The van der Waals surface area contributed by atoms with Crippen LogP contribution in [0.25, 0.3) is 55.2 Å². The van der Waals surface area contributed by atoms with E-state index in [2.05, 4.69) is 109 Å². The molecule has 0 fully saturated rings. The van der Waals surface area contributed by atoms with Gasteiger partial charge in [0, 0.05) is 37.6 Å². The molecular weight excluding hydrogens is 577 g/mol. The first-order chi connectivity index (χ1) is 22.7. The van der Waals surface area contributed by atoms with Gasteiger partial charge in [-0.2, -0.15) is 0 Å². The molecule has 218 valence electrons. The fraction of sp³-hybridized carbons (Fsp3) is 0. The van der Waals surface area contributed by atoms with Gasteiger partial charge in [0.2, 0.25) is 0 Å². The first kappa shape index (κ1) is 28.0. The van der Waals surface area contributed by atoms with E-state index in [0.29, 0.717) is 0 Å². The normalized spacial score (nSPS) is 11.6. The number of rotatable bonds is 6. The van der Waals surface area contributed by atoms with Gasteiger partial charge in [0.05, 0.1) is 11.2 Å². The van der Waals surface area contributed by atoms with Crippen LogP contribution in [0.15, 0.2) is 182 Å². The maximum absolute atomic E-state index is 14.9. The topological polar surface area (TPSA) is 30.0 Å². The van der Waals surface area contributed by atoms with Crippen LogP contribution in [-0.4, -0.2) is 4.98 Å². The first-order valence-electron chi connectivity index (χ1n) is 15.5. The molecule has 3 heteroatoms. The van der Waals surface area contributed by atoms with E-state index < -0.39 is 7.14 Å². The molecule has 1 aromatic heterocycles. The van der Waals surface area contributed by atoms with Crippen LogP contribution in [0.2, 0.25) is 0 Å². The van der Waals surface area contributed by atoms with E-state index in [1.54, 1.807) is 0 Å². The minimum absolute atomic E-state index is 0.820. The molecule has 0 aliphatic carbocycles. The summed E-state index contributed by atoms with van der Waals surface area (Å²) in [7, 11) is -3.04. The third-order valence-electron chi connectivity index (χ3n) is 8.75. The van der Waals surface area contributed by atoms with Crippen molar-refractivity contribution in [2.75, 3.05) is 0 Å². The van der Waals surface area contributed by atoms with Gasteiger partial charge in [-0.1, -0.05) is 170 Å². The molecule has 46 heavy (non-hydrogen) atoms. The Bertz CT molecular complexity index is 2320. The molecule has 2 nitrogen and oxygen atoms in total. The number of nitrogens with zero attached hydrogens (tertiary/aromatic N) is 1. The highest BCUT2D eigenvalue weighted by Gasteiger charge is 2.29. The molecule has 0 amide bonds. The van der Waals surface area contributed by atoms with E-state index >= 15 is 0 Å². The number of aromatic nitrogens is 1. The largest absolute Gasteiger partial charge is 0.309 e. The summed E-state index contributed by atoms with van der Waals surface area (Å²) in [6.45, 7) is 0. The molecule has 0 radical (unpaired) electrons. The fourth-order valence-electron chi connectivity index (χ4n) is 6.51. The van der Waals surface area contributed by atoms with Crippen molar-refractivity contribution in [2.45, 2.75) is 0 Å². The highest BCUT2D eigenvalue weighted by atomic mass is 31.2. The zero-order chi connectivity index (χ0) is 30.9. The smallest absolute Gasteiger partial charge is 0.171 e. The van der Waals surface area contributed by atoms with Crippen LogP contribution in [-0.2, 0) is 4.57 Å². The molecule has 0 aliphatic heterocycles. The van der Waals surface area contributed by atoms with Crippen LogP contribution in [0.3, 0.4) is 0 Å². The lowest BCUT2D eigenvalue weighted by atomic mass is 9.92. The van der Waals surface area contributed by atoms with Gasteiger partial charge in [-0.05, 0) is 34.4 Å². The van der Waals surface area contributed by atoms with Crippen molar-refractivity contribution in [3.8, 4) is 33.5 Å². The molecule has 8 rings (SSSR count). The molecule has 0 saturated carbocycles. The van der Waals surface area contributed by atoms with Gasteiger partial charge >= 0.3 is 0 Å². The summed E-state index contributed by atoms with van der Waals surface area (Å²) in [5.74, 6) is 0. The quantitative estimate of drug-likeness (QED) is 0.139. The molecular formula is C43H30NOP. The Balaban J connectivity index is 1.25. The van der Waals surface area contributed by atoms with Gasteiger partial charge in [-0.3, -0.25) is 0 Å². The van der Waals surface area contributed by atoms with Crippen molar-refractivity contribution >= 4 is 44.7 Å². The van der Waals surface area contributed by atoms with Gasteiger partial charge in [-0.25, -0.2) is 4.98 Å². The molecule has 0 aliphatic rings. The van der Waals surface area contributed by atoms with Crippen molar-refractivity contribution < 1.29 is 4.57 Å². The zero-order valence-corrected chi connectivity index (χ0v) is 26.0. The Hall–Kier alpha value is -5.56. The number of pyridine rings is 1. The Labute approximate surface area is 269 Å². The summed E-state index contributed by atoms with van der Waals surface area (Å²) in [4.78, 5) is 5.22. The highest BCUT2D eigenvalue weighted by Crippen LogP contribution is 2.43. The Morgan fingerprint density at radius 1 is 0.391 bits per heavy atom. The van der Waals surface area contributed by atoms with Crippen molar-refractivity contribution in [2.24, 2.45) is 0 Å². The second-order valence-electron chi connectivity index (χ2n) is 11.5. The third-order valence-corrected chi connectivity index (χ3v) is 11.8. The molecule has 0 N–H and O–H groups in total. The average Bonchev–Trinajstić information content (AvgIpc) is 3.15. The lowest BCUT2D eigenvalue weighted by Crippen LogP contribution is -2.24. The average molecular weight is 608 g/mol. The molecule has 7 aromatic carbocycles. The van der Waals surface area contributed by atoms with E-state index in [4.69, 9.17) is 4.98 Å². The minimum atomic E-state index is -3.04. The second kappa shape index (κ2) is 11.7. The van der Waals surface area contributed by atoms with Crippen LogP contribution >= 0.6 is 7.14 Å². The predicted octanol–water partition coefficient (Wildman–Crippen LogP) is 10.0. The monoisotopic (exact) mass is 607 g/mol. The van der Waals surface area contributed by atoms with E-state index in [1.165, 1.54) is 16.5 Å². The number of hydrogen-bond acceptors (Lipinski definition) is 2. The van der Waals surface area contributed by atoms with E-state index in [1.807, 2.05) is 72.8 Å². The van der Waals surface area contributed by atoms with E-state index in [9.17, 15) is 4.57 Å². The molecule has 0 atom stereocenters. The molecule has 0 saturated heterocycles. The van der Waals surface area contributed by atoms with Crippen LogP contribution in [0.5, 0.6) is 0 Å². The Morgan fingerprint density at radius 2 is 0.913 bits per heavy atom. The van der Waals surface area contributed by atoms with E-state index in [-0.39, 0.29) is 0 Å². The molecule has 0 unspecified atom stereocenters. The second-order valence-corrected chi connectivity index (χ2v) is 14.2. The number of para-hydroxylation sites is 1. The number of fused-ring (bicyclic) bond motifs is 3. The van der Waals surface area contributed by atoms with Gasteiger partial charge < -0.3 is 4.57 Å². The SMILES string of the molecule is O=P(c1ccccc1)(c1ccccc1)c1ccc(-c2cccc(-c3nc4ccccc4c4c(-c5ccccc5)cccc34)c2)cc1. The predicted molar refractivity (Wildman–Crippen MR) is 195 cm³/mol. The Morgan fingerprint density at radius 3 is 1.61 bits per heavy atom. The summed E-state index contributed by atoms with van der Waals surface area (Å²) in [5, 5.41) is 5.97. The molecule has 8 aromatic rings. The highest BCUT2D eigenvalue weighted by molar-refractivity contribution is 7.85. The summed E-state index contributed by atoms with van der Waals surface area (Å²) < 4.78 is 14.9. The maximum atomic E-state index is 14.9. The number of benzene rings is 7. The van der Waals surface area contributed by atoms with Gasteiger partial charge in [-0.15, -0.1) is 0 Å². The van der Waals surface area contributed by atoms with Crippen LogP contribution in [0.1, 0.15) is 0 Å². The summed E-state index contributed by atoms with van der Waals surface area (Å²) in [6, 6.07) is 61.9. The summed E-state index contributed by atoms with van der Waals surface area (Å²) in [5.41, 5.74) is 7.53. The van der Waals surface area contributed by atoms with Crippen molar-refractivity contribution in [1.29, 1.82) is 0 Å². The maximum Gasteiger partial charge on any atom is 0.171 e. The molecule has 1 heterocycles. The zero-order valence-electron chi connectivity index (χ0n) is 25.1. The van der Waals surface area contributed by atoms with Gasteiger partial charge in [0.15, 0.2) is 7.14 Å². The van der Waals surface area contributed by atoms with E-state index in [0.717, 1.165) is 54.6 Å². The lowest BCUT2D eigenvalue weighted by molar-refractivity contribution is 0.592. The van der Waals surface area contributed by atoms with Crippen LogP contribution in [0.4, 0.5) is 0 Å². The van der Waals surface area contributed by atoms with Crippen molar-refractivity contribution in [3.05, 3.63) is 182 Å². The van der Waals surface area contributed by atoms with Crippen molar-refractivity contribution in [3.63, 3.8) is 0 Å². The molecule has 0 spiro atoms. The third kappa shape index (κ3) is 4.85.